The molecule has 0 fully saturated rings. The molecule has 0 aromatic heterocycles. The molecule has 8 nitrogen and oxygen atoms in total. The summed E-state index contributed by atoms with van der Waals surface area (Å²) in [5.41, 5.74) is -1.29. The molecule has 0 aromatic carbocycles. The smallest absolute Gasteiger partial charge is 0.408 e. The third-order valence-electron chi connectivity index (χ3n) is 2.28. The number of hydrogen-bond acceptors (Lipinski definition) is 6. The van der Waals surface area contributed by atoms with Crippen LogP contribution in [0.25, 0.3) is 0 Å². The zero-order valence-corrected chi connectivity index (χ0v) is 14.9. The number of rotatable bonds is 5. The zero-order valence-electron chi connectivity index (χ0n) is 14.9. The Morgan fingerprint density at radius 2 is 1.39 bits per heavy atom. The minimum atomic E-state index is -0.926. The molecule has 1 atom stereocenters. The van der Waals surface area contributed by atoms with Crippen LogP contribution >= 0.6 is 0 Å². The molecule has 0 spiro atoms. The Morgan fingerprint density at radius 3 is 1.83 bits per heavy atom. The van der Waals surface area contributed by atoms with E-state index in [-0.39, 0.29) is 13.0 Å². The molecular formula is C15H28N2O6. The summed E-state index contributed by atoms with van der Waals surface area (Å²) in [5.74, 6) is -0.623. The molecule has 0 heterocycles. The Morgan fingerprint density at radius 1 is 0.913 bits per heavy atom. The first-order chi connectivity index (χ1) is 10.3. The second kappa shape index (κ2) is 8.59. The number of amides is 2. The van der Waals surface area contributed by atoms with Gasteiger partial charge in [0, 0.05) is 6.54 Å². The molecule has 0 saturated carbocycles. The van der Waals surface area contributed by atoms with Crippen LogP contribution in [-0.2, 0) is 19.0 Å². The maximum Gasteiger partial charge on any atom is 0.408 e. The number of alkyl carbamates (subject to hydrolysis) is 2. The molecule has 0 aliphatic carbocycles. The number of carbonyl (C=O) groups excluding carboxylic acids is 3. The molecule has 0 aliphatic heterocycles. The molecule has 0 aromatic rings. The van der Waals surface area contributed by atoms with Gasteiger partial charge in [-0.05, 0) is 48.0 Å². The van der Waals surface area contributed by atoms with Crippen molar-refractivity contribution in [2.24, 2.45) is 0 Å². The van der Waals surface area contributed by atoms with Crippen LogP contribution in [0.3, 0.4) is 0 Å². The van der Waals surface area contributed by atoms with Gasteiger partial charge in [0.05, 0.1) is 7.11 Å². The monoisotopic (exact) mass is 332 g/mol. The van der Waals surface area contributed by atoms with E-state index >= 15 is 0 Å². The Labute approximate surface area is 137 Å². The Bertz CT molecular complexity index is 423. The number of esters is 1. The fourth-order valence-electron chi connectivity index (χ4n) is 1.47. The van der Waals surface area contributed by atoms with Crippen molar-refractivity contribution in [1.29, 1.82) is 0 Å². The molecule has 23 heavy (non-hydrogen) atoms. The van der Waals surface area contributed by atoms with E-state index in [9.17, 15) is 14.4 Å². The van der Waals surface area contributed by atoms with E-state index in [2.05, 4.69) is 15.4 Å². The van der Waals surface area contributed by atoms with Crippen LogP contribution in [0.2, 0.25) is 0 Å². The lowest BCUT2D eigenvalue weighted by atomic mass is 10.2. The Balaban J connectivity index is 4.45. The standard InChI is InChI=1S/C15H28N2O6/c1-14(2,3)22-12(19)16-9-8-10(11(18)21-7)17-13(20)23-15(4,5)6/h10H,8-9H2,1-7H3,(H,16,19)(H,17,20)/t10-/m0/s1. The van der Waals surface area contributed by atoms with Gasteiger partial charge in [-0.2, -0.15) is 0 Å². The van der Waals surface area contributed by atoms with Gasteiger partial charge in [-0.25, -0.2) is 14.4 Å². The highest BCUT2D eigenvalue weighted by Gasteiger charge is 2.25. The molecule has 0 aliphatic rings. The van der Waals surface area contributed by atoms with Crippen LogP contribution in [-0.4, -0.2) is 49.1 Å². The van der Waals surface area contributed by atoms with Gasteiger partial charge in [0.15, 0.2) is 0 Å². The molecule has 0 bridgehead atoms. The lowest BCUT2D eigenvalue weighted by molar-refractivity contribution is -0.143. The fourth-order valence-corrected chi connectivity index (χ4v) is 1.47. The highest BCUT2D eigenvalue weighted by Crippen LogP contribution is 2.08. The minimum Gasteiger partial charge on any atom is -0.467 e. The van der Waals surface area contributed by atoms with Crippen LogP contribution in [0, 0.1) is 0 Å². The van der Waals surface area contributed by atoms with Gasteiger partial charge in [0.25, 0.3) is 0 Å². The summed E-state index contributed by atoms with van der Waals surface area (Å²) in [6.45, 7) is 10.5. The summed E-state index contributed by atoms with van der Waals surface area (Å²) in [7, 11) is 1.22. The van der Waals surface area contributed by atoms with E-state index < -0.39 is 35.4 Å². The first kappa shape index (κ1) is 21.0. The van der Waals surface area contributed by atoms with Gasteiger partial charge < -0.3 is 24.8 Å². The molecule has 0 radical (unpaired) electrons. The number of carbonyl (C=O) groups is 3. The van der Waals surface area contributed by atoms with E-state index in [0.29, 0.717) is 0 Å². The molecule has 0 saturated heterocycles. The van der Waals surface area contributed by atoms with Crippen molar-refractivity contribution < 1.29 is 28.6 Å². The number of methoxy groups -OCH3 is 1. The molecule has 134 valence electrons. The van der Waals surface area contributed by atoms with Gasteiger partial charge in [0.2, 0.25) is 0 Å². The van der Waals surface area contributed by atoms with Gasteiger partial charge in [-0.15, -0.1) is 0 Å². The predicted octanol–water partition coefficient (Wildman–Crippen LogP) is 1.97. The summed E-state index contributed by atoms with van der Waals surface area (Å²) in [4.78, 5) is 34.9. The van der Waals surface area contributed by atoms with Gasteiger partial charge >= 0.3 is 18.2 Å². The highest BCUT2D eigenvalue weighted by atomic mass is 16.6. The van der Waals surface area contributed by atoms with E-state index in [1.807, 2.05) is 0 Å². The molecule has 2 N–H and O–H groups in total. The predicted molar refractivity (Wildman–Crippen MR) is 84.0 cm³/mol. The third kappa shape index (κ3) is 11.3. The topological polar surface area (TPSA) is 103 Å². The Hall–Kier alpha value is -1.99. The first-order valence-electron chi connectivity index (χ1n) is 7.38. The molecule has 2 amide bonds. The highest BCUT2D eigenvalue weighted by molar-refractivity contribution is 5.81. The Kier molecular flexibility index (Phi) is 7.85. The first-order valence-corrected chi connectivity index (χ1v) is 7.38. The summed E-state index contributed by atoms with van der Waals surface area (Å²) in [5, 5.41) is 4.93. The van der Waals surface area contributed by atoms with Crippen molar-refractivity contribution in [3.8, 4) is 0 Å². The molecular weight excluding hydrogens is 304 g/mol. The number of nitrogens with one attached hydrogen (secondary N) is 2. The summed E-state index contributed by atoms with van der Waals surface area (Å²) >= 11 is 0. The van der Waals surface area contributed by atoms with Crippen LogP contribution in [0.4, 0.5) is 9.59 Å². The maximum atomic E-state index is 11.7. The van der Waals surface area contributed by atoms with Crippen LogP contribution in [0.15, 0.2) is 0 Å². The van der Waals surface area contributed by atoms with Gasteiger partial charge in [-0.1, -0.05) is 0 Å². The normalized spacial score (nSPS) is 12.8. The summed E-state index contributed by atoms with van der Waals surface area (Å²) < 4.78 is 14.8. The van der Waals surface area contributed by atoms with Crippen molar-refractivity contribution in [1.82, 2.24) is 10.6 Å². The quantitative estimate of drug-likeness (QED) is 0.589. The number of ether oxygens (including phenoxy) is 3. The van der Waals surface area contributed by atoms with Crippen LogP contribution in [0.1, 0.15) is 48.0 Å². The van der Waals surface area contributed by atoms with Gasteiger partial charge in [0.1, 0.15) is 17.2 Å². The zero-order chi connectivity index (χ0) is 18.3. The van der Waals surface area contributed by atoms with Crippen molar-refractivity contribution in [2.75, 3.05) is 13.7 Å². The SMILES string of the molecule is COC(=O)[C@H](CCNC(=O)OC(C)(C)C)NC(=O)OC(C)(C)C. The molecule has 0 unspecified atom stereocenters. The average molecular weight is 332 g/mol. The fraction of sp³-hybridized carbons (Fsp3) is 0.800. The maximum absolute atomic E-state index is 11.7. The van der Waals surface area contributed by atoms with E-state index in [1.165, 1.54) is 7.11 Å². The van der Waals surface area contributed by atoms with Crippen LogP contribution in [0.5, 0.6) is 0 Å². The van der Waals surface area contributed by atoms with Crippen LogP contribution < -0.4 is 10.6 Å². The van der Waals surface area contributed by atoms with Crippen molar-refractivity contribution in [3.05, 3.63) is 0 Å². The van der Waals surface area contributed by atoms with Crippen molar-refractivity contribution in [3.63, 3.8) is 0 Å². The summed E-state index contributed by atoms with van der Waals surface area (Å²) in [6, 6.07) is -0.926. The van der Waals surface area contributed by atoms with E-state index in [4.69, 9.17) is 9.47 Å². The van der Waals surface area contributed by atoms with E-state index in [0.717, 1.165) is 0 Å². The average Bonchev–Trinajstić information content (AvgIpc) is 2.32. The second-order valence-electron chi connectivity index (χ2n) is 6.94. The van der Waals surface area contributed by atoms with Crippen molar-refractivity contribution >= 4 is 18.2 Å². The lowest BCUT2D eigenvalue weighted by Crippen LogP contribution is -2.46. The van der Waals surface area contributed by atoms with Gasteiger partial charge in [-0.3, -0.25) is 0 Å². The third-order valence-corrected chi connectivity index (χ3v) is 2.28. The largest absolute Gasteiger partial charge is 0.467 e. The second-order valence-corrected chi connectivity index (χ2v) is 6.94. The van der Waals surface area contributed by atoms with E-state index in [1.54, 1.807) is 41.5 Å². The lowest BCUT2D eigenvalue weighted by Gasteiger charge is -2.23. The van der Waals surface area contributed by atoms with Crippen molar-refractivity contribution in [2.45, 2.75) is 65.2 Å². The minimum absolute atomic E-state index is 0.129. The number of hydrogen-bond donors (Lipinski definition) is 2. The summed E-state index contributed by atoms with van der Waals surface area (Å²) in [6.07, 6.45) is -1.19. The molecule has 0 rings (SSSR count). The molecule has 8 heteroatoms.